The van der Waals surface area contributed by atoms with Gasteiger partial charge in [-0.05, 0) is 6.07 Å². The van der Waals surface area contributed by atoms with Crippen LogP contribution >= 0.6 is 0 Å². The maximum atomic E-state index is 11.2. The predicted octanol–water partition coefficient (Wildman–Crippen LogP) is -0.341. The molecule has 0 bridgehead atoms. The molecule has 1 aromatic rings. The fraction of sp³-hybridized carbons (Fsp3) is 0.444. The minimum Gasteiger partial charge on any atom is -0.359 e. The monoisotopic (exact) mass is 192 g/mol. The number of hydrogen-bond acceptors (Lipinski definition) is 4. The summed E-state index contributed by atoms with van der Waals surface area (Å²) in [5, 5.41) is 2.63. The number of anilines is 1. The minimum atomic E-state index is 0.0869. The van der Waals surface area contributed by atoms with Gasteiger partial charge in [-0.15, -0.1) is 0 Å². The van der Waals surface area contributed by atoms with Crippen LogP contribution in [-0.2, 0) is 4.79 Å². The Morgan fingerprint density at radius 2 is 2.14 bits per heavy atom. The summed E-state index contributed by atoms with van der Waals surface area (Å²) in [6.45, 7) is 1.42. The quantitative estimate of drug-likeness (QED) is 0.696. The molecule has 0 saturated carbocycles. The molecule has 0 atom stereocenters. The molecule has 0 aromatic carbocycles. The van der Waals surface area contributed by atoms with Gasteiger partial charge >= 0.3 is 0 Å². The normalized spacial score (nSPS) is 16.2. The molecule has 1 saturated heterocycles. The summed E-state index contributed by atoms with van der Waals surface area (Å²) in [6, 6.07) is 1.78. The van der Waals surface area contributed by atoms with Crippen LogP contribution in [-0.4, -0.2) is 36.0 Å². The second-order valence-corrected chi connectivity index (χ2v) is 3.26. The van der Waals surface area contributed by atoms with Crippen LogP contribution in [0.2, 0.25) is 0 Å². The van der Waals surface area contributed by atoms with Crippen molar-refractivity contribution in [3.63, 3.8) is 0 Å². The first-order chi connectivity index (χ1) is 6.81. The van der Waals surface area contributed by atoms with Gasteiger partial charge in [0.15, 0.2) is 0 Å². The van der Waals surface area contributed by atoms with Gasteiger partial charge in [-0.1, -0.05) is 0 Å². The Balaban J connectivity index is 1.92. The number of nitrogens with one attached hydrogen (secondary N) is 1. The van der Waals surface area contributed by atoms with Crippen LogP contribution in [0.3, 0.4) is 0 Å². The molecule has 5 nitrogen and oxygen atoms in total. The zero-order valence-electron chi connectivity index (χ0n) is 7.97. The Morgan fingerprint density at radius 1 is 1.50 bits per heavy atom. The van der Waals surface area contributed by atoms with E-state index in [9.17, 15) is 4.79 Å². The third-order valence-corrected chi connectivity index (χ3v) is 2.33. The van der Waals surface area contributed by atoms with Crippen molar-refractivity contribution in [2.24, 2.45) is 5.92 Å². The lowest BCUT2D eigenvalue weighted by Crippen LogP contribution is -2.53. The highest BCUT2D eigenvalue weighted by Gasteiger charge is 2.33. The first-order valence-electron chi connectivity index (χ1n) is 4.55. The molecular weight excluding hydrogens is 180 g/mol. The Labute approximate surface area is 82.2 Å². The Kier molecular flexibility index (Phi) is 2.30. The van der Waals surface area contributed by atoms with E-state index in [4.69, 9.17) is 0 Å². The van der Waals surface area contributed by atoms with Crippen molar-refractivity contribution < 1.29 is 4.79 Å². The molecule has 5 heteroatoms. The van der Waals surface area contributed by atoms with E-state index < -0.39 is 0 Å². The molecular formula is C9H12N4O. The largest absolute Gasteiger partial charge is 0.359 e. The lowest BCUT2D eigenvalue weighted by Gasteiger charge is -2.37. The Morgan fingerprint density at radius 3 is 2.71 bits per heavy atom. The molecule has 0 spiro atoms. The highest BCUT2D eigenvalue weighted by atomic mass is 16.1. The topological polar surface area (TPSA) is 58.1 Å². The number of carbonyl (C=O) groups is 1. The smallest absolute Gasteiger partial charge is 0.226 e. The van der Waals surface area contributed by atoms with Crippen LogP contribution in [0, 0.1) is 5.92 Å². The summed E-state index contributed by atoms with van der Waals surface area (Å²) in [7, 11) is 1.66. The maximum absolute atomic E-state index is 11.2. The number of rotatable bonds is 2. The molecule has 74 valence electrons. The molecule has 1 amide bonds. The van der Waals surface area contributed by atoms with E-state index in [-0.39, 0.29) is 11.8 Å². The van der Waals surface area contributed by atoms with Crippen LogP contribution < -0.4 is 10.2 Å². The van der Waals surface area contributed by atoms with Crippen molar-refractivity contribution in [1.29, 1.82) is 0 Å². The number of hydrogen-bond donors (Lipinski definition) is 1. The molecule has 0 aliphatic carbocycles. The predicted molar refractivity (Wildman–Crippen MR) is 51.8 cm³/mol. The third kappa shape index (κ3) is 1.53. The molecule has 1 aromatic heterocycles. The molecule has 2 rings (SSSR count). The first-order valence-corrected chi connectivity index (χ1v) is 4.55. The zero-order chi connectivity index (χ0) is 9.97. The zero-order valence-corrected chi connectivity index (χ0v) is 7.97. The van der Waals surface area contributed by atoms with Gasteiger partial charge < -0.3 is 10.2 Å². The first kappa shape index (κ1) is 8.93. The van der Waals surface area contributed by atoms with Gasteiger partial charge in [0.25, 0.3) is 0 Å². The molecule has 0 radical (unpaired) electrons. The molecule has 1 aliphatic heterocycles. The SMILES string of the molecule is CNC(=O)C1CN(c2ncccn2)C1. The third-order valence-electron chi connectivity index (χ3n) is 2.33. The van der Waals surface area contributed by atoms with E-state index in [0.717, 1.165) is 0 Å². The summed E-state index contributed by atoms with van der Waals surface area (Å²) in [5.41, 5.74) is 0. The highest BCUT2D eigenvalue weighted by Crippen LogP contribution is 2.19. The number of aromatic nitrogens is 2. The lowest BCUT2D eigenvalue weighted by atomic mass is 10.00. The van der Waals surface area contributed by atoms with E-state index >= 15 is 0 Å². The van der Waals surface area contributed by atoms with Gasteiger partial charge in [-0.2, -0.15) is 0 Å². The van der Waals surface area contributed by atoms with Crippen LogP contribution in [0.5, 0.6) is 0 Å². The van der Waals surface area contributed by atoms with Gasteiger partial charge in [0, 0.05) is 32.5 Å². The van der Waals surface area contributed by atoms with Gasteiger partial charge in [0.2, 0.25) is 11.9 Å². The summed E-state index contributed by atoms with van der Waals surface area (Å²) in [4.78, 5) is 21.4. The van der Waals surface area contributed by atoms with E-state index in [1.165, 1.54) is 0 Å². The van der Waals surface area contributed by atoms with Crippen molar-refractivity contribution in [3.8, 4) is 0 Å². The van der Waals surface area contributed by atoms with E-state index in [2.05, 4.69) is 15.3 Å². The molecule has 2 heterocycles. The van der Waals surface area contributed by atoms with E-state index in [0.29, 0.717) is 19.0 Å². The Hall–Kier alpha value is -1.65. The summed E-state index contributed by atoms with van der Waals surface area (Å²) >= 11 is 0. The van der Waals surface area contributed by atoms with Crippen LogP contribution in [0.15, 0.2) is 18.5 Å². The van der Waals surface area contributed by atoms with Crippen LogP contribution in [0.4, 0.5) is 5.95 Å². The maximum Gasteiger partial charge on any atom is 0.226 e. The highest BCUT2D eigenvalue weighted by molar-refractivity contribution is 5.81. The second-order valence-electron chi connectivity index (χ2n) is 3.26. The van der Waals surface area contributed by atoms with Gasteiger partial charge in [0.1, 0.15) is 0 Å². The number of amides is 1. The van der Waals surface area contributed by atoms with Crippen molar-refractivity contribution in [2.75, 3.05) is 25.0 Å². The van der Waals surface area contributed by atoms with Crippen molar-refractivity contribution in [1.82, 2.24) is 15.3 Å². The fourth-order valence-corrected chi connectivity index (χ4v) is 1.47. The van der Waals surface area contributed by atoms with Crippen molar-refractivity contribution in [2.45, 2.75) is 0 Å². The standard InChI is InChI=1S/C9H12N4O/c1-10-8(14)7-5-13(6-7)9-11-3-2-4-12-9/h2-4,7H,5-6H2,1H3,(H,10,14). The summed E-state index contributed by atoms with van der Waals surface area (Å²) < 4.78 is 0. The molecule has 1 fully saturated rings. The molecule has 0 unspecified atom stereocenters. The number of carbonyl (C=O) groups excluding carboxylic acids is 1. The van der Waals surface area contributed by atoms with Crippen molar-refractivity contribution >= 4 is 11.9 Å². The second kappa shape index (κ2) is 3.61. The fourth-order valence-electron chi connectivity index (χ4n) is 1.47. The molecule has 14 heavy (non-hydrogen) atoms. The lowest BCUT2D eigenvalue weighted by molar-refractivity contribution is -0.125. The average molecular weight is 192 g/mol. The van der Waals surface area contributed by atoms with Crippen LogP contribution in [0.25, 0.3) is 0 Å². The Bertz CT molecular complexity index is 321. The number of nitrogens with zero attached hydrogens (tertiary/aromatic N) is 3. The van der Waals surface area contributed by atoms with Gasteiger partial charge in [0.05, 0.1) is 5.92 Å². The summed E-state index contributed by atoms with van der Waals surface area (Å²) in [6.07, 6.45) is 3.41. The molecule has 1 aliphatic rings. The van der Waals surface area contributed by atoms with E-state index in [1.54, 1.807) is 25.5 Å². The van der Waals surface area contributed by atoms with Crippen LogP contribution in [0.1, 0.15) is 0 Å². The molecule has 1 N–H and O–H groups in total. The van der Waals surface area contributed by atoms with Gasteiger partial charge in [-0.3, -0.25) is 4.79 Å². The summed E-state index contributed by atoms with van der Waals surface area (Å²) in [5.74, 6) is 0.883. The average Bonchev–Trinajstić information content (AvgIpc) is 2.17. The van der Waals surface area contributed by atoms with Crippen molar-refractivity contribution in [3.05, 3.63) is 18.5 Å². The van der Waals surface area contributed by atoms with E-state index in [1.807, 2.05) is 4.90 Å². The van der Waals surface area contributed by atoms with Gasteiger partial charge in [-0.25, -0.2) is 9.97 Å². The minimum absolute atomic E-state index is 0.0869.